The van der Waals surface area contributed by atoms with Gasteiger partial charge in [0.25, 0.3) is 0 Å². The van der Waals surface area contributed by atoms with Crippen LogP contribution in [0.15, 0.2) is 33.8 Å². The van der Waals surface area contributed by atoms with Crippen molar-refractivity contribution in [3.63, 3.8) is 0 Å². The van der Waals surface area contributed by atoms with Crippen molar-refractivity contribution in [3.05, 3.63) is 40.6 Å². The molecule has 0 saturated carbocycles. The Kier molecular flexibility index (Phi) is 4.25. The first-order chi connectivity index (χ1) is 10.2. The normalized spacial score (nSPS) is 14.5. The molecule has 21 heavy (non-hydrogen) atoms. The molecule has 0 saturated heterocycles. The van der Waals surface area contributed by atoms with E-state index in [1.165, 1.54) is 0 Å². The van der Waals surface area contributed by atoms with E-state index in [4.69, 9.17) is 16.1 Å². The first-order valence-corrected chi connectivity index (χ1v) is 9.31. The molecule has 1 aliphatic heterocycles. The molecule has 1 aliphatic rings. The van der Waals surface area contributed by atoms with Gasteiger partial charge in [0.05, 0.1) is 0 Å². The zero-order valence-corrected chi connectivity index (χ0v) is 14.1. The van der Waals surface area contributed by atoms with E-state index >= 15 is 0 Å². The van der Waals surface area contributed by atoms with E-state index < -0.39 is 0 Å². The second-order valence-corrected chi connectivity index (χ2v) is 7.66. The van der Waals surface area contributed by atoms with Crippen molar-refractivity contribution in [2.45, 2.75) is 6.92 Å². The van der Waals surface area contributed by atoms with E-state index in [0.717, 1.165) is 14.8 Å². The van der Waals surface area contributed by atoms with Gasteiger partial charge in [0.15, 0.2) is 0 Å². The number of carbonyl (C=O) groups excluding carboxylic acids is 1. The van der Waals surface area contributed by atoms with E-state index in [-0.39, 0.29) is 27.1 Å². The number of nitrogens with zero attached hydrogens (tertiary/aromatic N) is 2. The number of nitrogens with one attached hydrogen (secondary N) is 1. The molecule has 0 atom stereocenters. The molecule has 110 valence electrons. The maximum atomic E-state index is 12.5. The molecule has 0 radical (unpaired) electrons. The molecule has 1 amide bonds. The number of hydrogen-bond donors (Lipinski definition) is 1. The van der Waals surface area contributed by atoms with E-state index in [2.05, 4.69) is 15.5 Å². The third kappa shape index (κ3) is 2.96. The quantitative estimate of drug-likeness (QED) is 0.407. The summed E-state index contributed by atoms with van der Waals surface area (Å²) in [6.45, 7) is 2.52. The zero-order valence-electron chi connectivity index (χ0n) is 11.2. The van der Waals surface area contributed by atoms with Gasteiger partial charge in [-0.15, -0.1) is 0 Å². The molecule has 0 unspecified atom stereocenters. The van der Waals surface area contributed by atoms with Gasteiger partial charge in [-0.25, -0.2) is 0 Å². The second kappa shape index (κ2) is 6.15. The van der Waals surface area contributed by atoms with Crippen LogP contribution in [0.2, 0.25) is 5.02 Å². The Labute approximate surface area is 137 Å². The summed E-state index contributed by atoms with van der Waals surface area (Å²) in [7, 11) is 0. The number of aromatic nitrogens is 1. The summed E-state index contributed by atoms with van der Waals surface area (Å²) in [6.07, 6.45) is 0. The summed E-state index contributed by atoms with van der Waals surface area (Å²) in [5, 5.41) is 7.39. The van der Waals surface area contributed by atoms with Gasteiger partial charge in [-0.1, -0.05) is 0 Å². The molecular formula is C14H12ClIN3O2-. The molecule has 2 aromatic rings. The third-order valence-corrected chi connectivity index (χ3v) is 5.68. The average molecular weight is 417 g/mol. The maximum absolute atomic E-state index is 12.5. The van der Waals surface area contributed by atoms with Gasteiger partial charge in [-0.05, 0) is 0 Å². The number of benzene rings is 1. The molecule has 1 aromatic heterocycles. The van der Waals surface area contributed by atoms with Crippen LogP contribution >= 0.6 is 11.6 Å². The number of halogens is 2. The number of carbonyl (C=O) groups is 1. The Morgan fingerprint density at radius 2 is 2.24 bits per heavy atom. The molecular weight excluding hydrogens is 405 g/mol. The molecule has 7 heteroatoms. The molecule has 2 heterocycles. The van der Waals surface area contributed by atoms with Crippen molar-refractivity contribution in [3.8, 4) is 11.3 Å². The summed E-state index contributed by atoms with van der Waals surface area (Å²) in [4.78, 5) is 16.8. The SMILES string of the molecule is Cc1onc(-c2ccccc2Cl)c1C(=O)NC1=NCC[I-]1. The number of aryl methyl sites for hydroxylation is 1. The first-order valence-electron chi connectivity index (χ1n) is 6.33. The third-order valence-electron chi connectivity index (χ3n) is 2.99. The summed E-state index contributed by atoms with van der Waals surface area (Å²) >= 11 is 6.01. The predicted molar refractivity (Wildman–Crippen MR) is 76.3 cm³/mol. The Morgan fingerprint density at radius 1 is 1.43 bits per heavy atom. The fourth-order valence-electron chi connectivity index (χ4n) is 2.02. The van der Waals surface area contributed by atoms with Crippen molar-refractivity contribution >= 4 is 21.4 Å². The molecule has 3 rings (SSSR count). The summed E-state index contributed by atoms with van der Waals surface area (Å²) < 4.78 is 7.09. The van der Waals surface area contributed by atoms with Crippen molar-refractivity contribution in [2.24, 2.45) is 4.99 Å². The molecule has 1 N–H and O–H groups in total. The van der Waals surface area contributed by atoms with E-state index in [0.29, 0.717) is 27.6 Å². The van der Waals surface area contributed by atoms with Crippen LogP contribution in [0.5, 0.6) is 0 Å². The monoisotopic (exact) mass is 416 g/mol. The van der Waals surface area contributed by atoms with Crippen LogP contribution in [0.1, 0.15) is 16.1 Å². The fraction of sp³-hybridized carbons (Fsp3) is 0.214. The number of amides is 1. The van der Waals surface area contributed by atoms with E-state index in [9.17, 15) is 4.79 Å². The van der Waals surface area contributed by atoms with Crippen molar-refractivity contribution in [1.82, 2.24) is 10.5 Å². The molecule has 0 bridgehead atoms. The van der Waals surface area contributed by atoms with E-state index in [1.54, 1.807) is 13.0 Å². The van der Waals surface area contributed by atoms with Gasteiger partial charge in [0.2, 0.25) is 0 Å². The number of rotatable bonds is 2. The van der Waals surface area contributed by atoms with Crippen LogP contribution in [-0.2, 0) is 0 Å². The summed E-state index contributed by atoms with van der Waals surface area (Å²) in [5.74, 6) is 0.239. The standard InChI is InChI=1S/C14H12ClIN3O2/c1-8-11(13(20)18-14-16-6-7-17-14)12(19-21-8)9-4-2-3-5-10(9)15/h2-5H,6-7H2,1H3,(H,17,18,20)/q-1. The Balaban J connectivity index is 1.97. The van der Waals surface area contributed by atoms with Crippen LogP contribution in [0, 0.1) is 6.92 Å². The van der Waals surface area contributed by atoms with Crippen molar-refractivity contribution in [2.75, 3.05) is 11.0 Å². The molecule has 0 spiro atoms. The van der Waals surface area contributed by atoms with Crippen molar-refractivity contribution < 1.29 is 30.5 Å². The zero-order chi connectivity index (χ0) is 14.8. The van der Waals surface area contributed by atoms with Gasteiger partial charge < -0.3 is 0 Å². The van der Waals surface area contributed by atoms with Gasteiger partial charge in [0.1, 0.15) is 0 Å². The minimum atomic E-state index is -0.232. The Hall–Kier alpha value is -1.41. The van der Waals surface area contributed by atoms with E-state index in [1.807, 2.05) is 18.2 Å². The minimum absolute atomic E-state index is 0.175. The predicted octanol–water partition coefficient (Wildman–Crippen LogP) is -0.508. The van der Waals surface area contributed by atoms with Gasteiger partial charge in [-0.2, -0.15) is 0 Å². The van der Waals surface area contributed by atoms with Crippen LogP contribution in [0.3, 0.4) is 0 Å². The number of alkyl halides is 1. The number of amidine groups is 1. The topological polar surface area (TPSA) is 67.5 Å². The summed E-state index contributed by atoms with van der Waals surface area (Å²) in [6, 6.07) is 7.25. The Morgan fingerprint density at radius 3 is 2.95 bits per heavy atom. The molecule has 1 aromatic carbocycles. The Bertz CT molecular complexity index is 727. The van der Waals surface area contributed by atoms with Crippen LogP contribution in [-0.4, -0.2) is 25.9 Å². The summed E-state index contributed by atoms with van der Waals surface area (Å²) in [5.41, 5.74) is 1.57. The number of hydrogen-bond acceptors (Lipinski definition) is 4. The molecule has 0 aliphatic carbocycles. The average Bonchev–Trinajstić information content (AvgIpc) is 3.09. The fourth-order valence-corrected chi connectivity index (χ4v) is 4.16. The van der Waals surface area contributed by atoms with Crippen molar-refractivity contribution in [1.29, 1.82) is 0 Å². The van der Waals surface area contributed by atoms with Crippen LogP contribution in [0.25, 0.3) is 11.3 Å². The van der Waals surface area contributed by atoms with Gasteiger partial charge >= 0.3 is 137 Å². The van der Waals surface area contributed by atoms with Crippen LogP contribution < -0.4 is 26.5 Å². The van der Waals surface area contributed by atoms with Crippen LogP contribution in [0.4, 0.5) is 0 Å². The number of aliphatic imine (C=N–C) groups is 1. The van der Waals surface area contributed by atoms with Gasteiger partial charge in [-0.3, -0.25) is 0 Å². The van der Waals surface area contributed by atoms with Gasteiger partial charge in [0, 0.05) is 0 Å². The molecule has 5 nitrogen and oxygen atoms in total. The molecule has 0 fully saturated rings. The second-order valence-electron chi connectivity index (χ2n) is 4.39. The first kappa shape index (κ1) is 14.5.